The SMILES string of the molecule is COc1cc(CCc2cc(O)c3c(c2)OCO3)ccc1O. The third-order valence-electron chi connectivity index (χ3n) is 3.46. The highest BCUT2D eigenvalue weighted by atomic mass is 16.7. The van der Waals surface area contributed by atoms with Crippen molar-refractivity contribution in [2.24, 2.45) is 0 Å². The van der Waals surface area contributed by atoms with Crippen molar-refractivity contribution in [2.75, 3.05) is 13.9 Å². The van der Waals surface area contributed by atoms with Crippen LogP contribution in [0.25, 0.3) is 0 Å². The van der Waals surface area contributed by atoms with Gasteiger partial charge in [0.2, 0.25) is 12.5 Å². The first kappa shape index (κ1) is 13.4. The van der Waals surface area contributed by atoms with Crippen molar-refractivity contribution in [3.05, 3.63) is 41.5 Å². The van der Waals surface area contributed by atoms with E-state index in [1.165, 1.54) is 7.11 Å². The number of hydrogen-bond acceptors (Lipinski definition) is 5. The lowest BCUT2D eigenvalue weighted by Gasteiger charge is -2.08. The molecule has 5 heteroatoms. The second-order valence-corrected chi connectivity index (χ2v) is 4.85. The highest BCUT2D eigenvalue weighted by Crippen LogP contribution is 2.41. The summed E-state index contributed by atoms with van der Waals surface area (Å²) in [6.45, 7) is 0.140. The summed E-state index contributed by atoms with van der Waals surface area (Å²) in [6.07, 6.45) is 1.49. The quantitative estimate of drug-likeness (QED) is 0.905. The summed E-state index contributed by atoms with van der Waals surface area (Å²) in [5.41, 5.74) is 2.01. The summed E-state index contributed by atoms with van der Waals surface area (Å²) in [7, 11) is 1.52. The van der Waals surface area contributed by atoms with Crippen LogP contribution in [0, 0.1) is 0 Å². The molecule has 0 unspecified atom stereocenters. The molecule has 0 amide bonds. The largest absolute Gasteiger partial charge is 0.504 e. The van der Waals surface area contributed by atoms with Crippen LogP contribution in [0.1, 0.15) is 11.1 Å². The van der Waals surface area contributed by atoms with Crippen LogP contribution in [0.4, 0.5) is 0 Å². The van der Waals surface area contributed by atoms with Gasteiger partial charge in [-0.2, -0.15) is 0 Å². The minimum absolute atomic E-state index is 0.100. The van der Waals surface area contributed by atoms with E-state index in [1.807, 2.05) is 18.2 Å². The number of ether oxygens (including phenoxy) is 3. The molecule has 0 fully saturated rings. The summed E-state index contributed by atoms with van der Waals surface area (Å²) >= 11 is 0. The fourth-order valence-electron chi connectivity index (χ4n) is 2.36. The number of hydrogen-bond donors (Lipinski definition) is 2. The van der Waals surface area contributed by atoms with Crippen LogP contribution in [-0.4, -0.2) is 24.1 Å². The minimum Gasteiger partial charge on any atom is -0.504 e. The minimum atomic E-state index is 0.100. The Balaban J connectivity index is 1.75. The number of phenolic OH excluding ortho intramolecular Hbond substituents is 2. The number of benzene rings is 2. The van der Waals surface area contributed by atoms with E-state index in [4.69, 9.17) is 14.2 Å². The maximum Gasteiger partial charge on any atom is 0.231 e. The fourth-order valence-corrected chi connectivity index (χ4v) is 2.36. The number of fused-ring (bicyclic) bond motifs is 1. The molecule has 0 spiro atoms. The van der Waals surface area contributed by atoms with Gasteiger partial charge in [0.25, 0.3) is 0 Å². The Kier molecular flexibility index (Phi) is 3.48. The summed E-state index contributed by atoms with van der Waals surface area (Å²) < 4.78 is 15.6. The van der Waals surface area contributed by atoms with Gasteiger partial charge < -0.3 is 24.4 Å². The van der Waals surface area contributed by atoms with E-state index in [0.29, 0.717) is 17.2 Å². The number of aryl methyl sites for hydroxylation is 2. The summed E-state index contributed by atoms with van der Waals surface area (Å²) in [4.78, 5) is 0. The van der Waals surface area contributed by atoms with E-state index in [0.717, 1.165) is 24.0 Å². The van der Waals surface area contributed by atoms with Crippen LogP contribution in [0.15, 0.2) is 30.3 Å². The zero-order chi connectivity index (χ0) is 14.8. The number of rotatable bonds is 4. The molecule has 3 rings (SSSR count). The molecule has 1 heterocycles. The first-order chi connectivity index (χ1) is 10.2. The monoisotopic (exact) mass is 288 g/mol. The molecular weight excluding hydrogens is 272 g/mol. The van der Waals surface area contributed by atoms with Crippen LogP contribution in [0.5, 0.6) is 28.7 Å². The Morgan fingerprint density at radius 3 is 2.62 bits per heavy atom. The van der Waals surface area contributed by atoms with Crippen molar-refractivity contribution in [1.29, 1.82) is 0 Å². The van der Waals surface area contributed by atoms with Gasteiger partial charge in [0.05, 0.1) is 7.11 Å². The van der Waals surface area contributed by atoms with E-state index in [2.05, 4.69) is 0 Å². The molecule has 0 saturated heterocycles. The first-order valence-corrected chi connectivity index (χ1v) is 6.65. The van der Waals surface area contributed by atoms with Gasteiger partial charge in [-0.05, 0) is 48.2 Å². The lowest BCUT2D eigenvalue weighted by molar-refractivity contribution is 0.171. The summed E-state index contributed by atoms with van der Waals surface area (Å²) in [6, 6.07) is 8.84. The van der Waals surface area contributed by atoms with Crippen molar-refractivity contribution in [3.63, 3.8) is 0 Å². The molecule has 2 aromatic rings. The predicted octanol–water partition coefficient (Wildman–Crippen LogP) is 2.62. The van der Waals surface area contributed by atoms with Crippen LogP contribution in [0.3, 0.4) is 0 Å². The van der Waals surface area contributed by atoms with Crippen LogP contribution < -0.4 is 14.2 Å². The van der Waals surface area contributed by atoms with Gasteiger partial charge in [0.15, 0.2) is 23.0 Å². The summed E-state index contributed by atoms with van der Waals surface area (Å²) in [5.74, 6) is 1.67. The zero-order valence-corrected chi connectivity index (χ0v) is 11.6. The van der Waals surface area contributed by atoms with Gasteiger partial charge in [0.1, 0.15) is 0 Å². The molecule has 0 saturated carbocycles. The molecule has 1 aliphatic heterocycles. The Bertz CT molecular complexity index is 666. The molecule has 1 aliphatic rings. The lowest BCUT2D eigenvalue weighted by atomic mass is 10.0. The van der Waals surface area contributed by atoms with Crippen molar-refractivity contribution in [2.45, 2.75) is 12.8 Å². The molecule has 2 N–H and O–H groups in total. The Morgan fingerprint density at radius 1 is 1.00 bits per heavy atom. The zero-order valence-electron chi connectivity index (χ0n) is 11.6. The predicted molar refractivity (Wildman–Crippen MR) is 76.3 cm³/mol. The second kappa shape index (κ2) is 5.44. The maximum absolute atomic E-state index is 9.87. The van der Waals surface area contributed by atoms with E-state index < -0.39 is 0 Å². The maximum atomic E-state index is 9.87. The third kappa shape index (κ3) is 2.67. The molecule has 21 heavy (non-hydrogen) atoms. The fraction of sp³-hybridized carbons (Fsp3) is 0.250. The average Bonchev–Trinajstić information content (AvgIpc) is 2.95. The van der Waals surface area contributed by atoms with Gasteiger partial charge in [-0.3, -0.25) is 0 Å². The van der Waals surface area contributed by atoms with Gasteiger partial charge >= 0.3 is 0 Å². The molecule has 0 aliphatic carbocycles. The van der Waals surface area contributed by atoms with E-state index in [9.17, 15) is 10.2 Å². The Labute approximate surface area is 122 Å². The topological polar surface area (TPSA) is 68.2 Å². The van der Waals surface area contributed by atoms with Gasteiger partial charge in [0, 0.05) is 0 Å². The third-order valence-corrected chi connectivity index (χ3v) is 3.46. The van der Waals surface area contributed by atoms with Gasteiger partial charge in [-0.25, -0.2) is 0 Å². The van der Waals surface area contributed by atoms with Gasteiger partial charge in [-0.15, -0.1) is 0 Å². The molecule has 0 bridgehead atoms. The smallest absolute Gasteiger partial charge is 0.231 e. The van der Waals surface area contributed by atoms with Crippen molar-refractivity contribution >= 4 is 0 Å². The van der Waals surface area contributed by atoms with Crippen molar-refractivity contribution < 1.29 is 24.4 Å². The molecule has 0 atom stereocenters. The number of phenols is 2. The van der Waals surface area contributed by atoms with Gasteiger partial charge in [-0.1, -0.05) is 6.07 Å². The Morgan fingerprint density at radius 2 is 1.81 bits per heavy atom. The number of aromatic hydroxyl groups is 2. The highest BCUT2D eigenvalue weighted by molar-refractivity contribution is 5.54. The lowest BCUT2D eigenvalue weighted by Crippen LogP contribution is -1.93. The number of methoxy groups -OCH3 is 1. The van der Waals surface area contributed by atoms with Crippen LogP contribution in [-0.2, 0) is 12.8 Å². The summed E-state index contributed by atoms with van der Waals surface area (Å²) in [5, 5.41) is 19.4. The van der Waals surface area contributed by atoms with E-state index in [1.54, 1.807) is 12.1 Å². The average molecular weight is 288 g/mol. The molecular formula is C16H16O5. The molecule has 2 aromatic carbocycles. The van der Waals surface area contributed by atoms with Crippen molar-refractivity contribution in [1.82, 2.24) is 0 Å². The van der Waals surface area contributed by atoms with Crippen LogP contribution in [0.2, 0.25) is 0 Å². The van der Waals surface area contributed by atoms with E-state index >= 15 is 0 Å². The normalized spacial score (nSPS) is 12.4. The standard InChI is InChI=1S/C16H16O5/c1-19-14-7-10(4-5-12(14)17)2-3-11-6-13(18)16-15(8-11)20-9-21-16/h4-8,17-18H,2-3,9H2,1H3. The Hall–Kier alpha value is -2.56. The first-order valence-electron chi connectivity index (χ1n) is 6.65. The van der Waals surface area contributed by atoms with Crippen LogP contribution >= 0.6 is 0 Å². The molecule has 0 radical (unpaired) electrons. The molecule has 5 nitrogen and oxygen atoms in total. The second-order valence-electron chi connectivity index (χ2n) is 4.85. The van der Waals surface area contributed by atoms with Crippen molar-refractivity contribution in [3.8, 4) is 28.7 Å². The molecule has 0 aromatic heterocycles. The molecule has 110 valence electrons. The van der Waals surface area contributed by atoms with E-state index in [-0.39, 0.29) is 18.3 Å². The highest BCUT2D eigenvalue weighted by Gasteiger charge is 2.18.